The van der Waals surface area contributed by atoms with Crippen LogP contribution in [0.25, 0.3) is 0 Å². The van der Waals surface area contributed by atoms with E-state index in [1.54, 1.807) is 0 Å². The van der Waals surface area contributed by atoms with Crippen molar-refractivity contribution in [3.63, 3.8) is 0 Å². The summed E-state index contributed by atoms with van der Waals surface area (Å²) < 4.78 is 0. The van der Waals surface area contributed by atoms with Gasteiger partial charge >= 0.3 is 5.97 Å². The number of halogens is 1. The maximum Gasteiger partial charge on any atom is 0.305 e. The number of aryl methyl sites for hydroxylation is 1. The smallest absolute Gasteiger partial charge is 0.305 e. The summed E-state index contributed by atoms with van der Waals surface area (Å²) in [4.78, 5) is 29.2. The Hall–Kier alpha value is -2.66. The minimum absolute atomic E-state index is 0.0204. The Bertz CT molecular complexity index is 662. The molecule has 0 amide bonds. The SMILES string of the molecule is C=O.C=O.Cc1ccc(Cl)cc1C(CC(=O)O)N(C)c1ccccc1. The van der Waals surface area contributed by atoms with Crippen LogP contribution in [0.3, 0.4) is 0 Å². The van der Waals surface area contributed by atoms with Gasteiger partial charge in [0.25, 0.3) is 0 Å². The molecule has 2 aromatic rings. The Morgan fingerprint density at radius 1 is 1.12 bits per heavy atom. The molecule has 1 N–H and O–H groups in total. The highest BCUT2D eigenvalue weighted by Crippen LogP contribution is 2.31. The summed E-state index contributed by atoms with van der Waals surface area (Å²) in [5.74, 6) is -0.831. The molecule has 2 rings (SSSR count). The second-order valence-corrected chi connectivity index (χ2v) is 5.50. The highest BCUT2D eigenvalue weighted by atomic mass is 35.5. The van der Waals surface area contributed by atoms with E-state index in [9.17, 15) is 9.90 Å². The van der Waals surface area contributed by atoms with E-state index in [2.05, 4.69) is 0 Å². The zero-order chi connectivity index (χ0) is 19.4. The van der Waals surface area contributed by atoms with Crippen molar-refractivity contribution in [2.24, 2.45) is 0 Å². The van der Waals surface area contributed by atoms with Crippen molar-refractivity contribution in [1.29, 1.82) is 0 Å². The van der Waals surface area contributed by atoms with Crippen LogP contribution in [0.4, 0.5) is 5.69 Å². The summed E-state index contributed by atoms with van der Waals surface area (Å²) in [5.41, 5.74) is 2.95. The number of hydrogen-bond donors (Lipinski definition) is 1. The molecule has 0 aliphatic rings. The Balaban J connectivity index is 0.00000134. The van der Waals surface area contributed by atoms with Crippen molar-refractivity contribution in [1.82, 2.24) is 0 Å². The van der Waals surface area contributed by atoms with E-state index >= 15 is 0 Å². The molecule has 6 heteroatoms. The standard InChI is InChI=1S/C17H18ClNO2.2CH2O/c1-12-8-9-13(18)10-15(12)16(11-17(20)21)19(2)14-6-4-3-5-7-14;2*1-2/h3-10,16H,11H2,1-2H3,(H,20,21);2*1H2. The van der Waals surface area contributed by atoms with Crippen LogP contribution in [0, 0.1) is 6.92 Å². The maximum absolute atomic E-state index is 11.3. The Morgan fingerprint density at radius 2 is 1.68 bits per heavy atom. The van der Waals surface area contributed by atoms with Gasteiger partial charge in [-0.1, -0.05) is 35.9 Å². The van der Waals surface area contributed by atoms with Crippen LogP contribution in [0.1, 0.15) is 23.6 Å². The highest BCUT2D eigenvalue weighted by molar-refractivity contribution is 6.30. The molecule has 0 radical (unpaired) electrons. The number of carbonyl (C=O) groups is 3. The lowest BCUT2D eigenvalue weighted by atomic mass is 9.97. The monoisotopic (exact) mass is 363 g/mol. The lowest BCUT2D eigenvalue weighted by Crippen LogP contribution is -2.27. The molecular weight excluding hydrogens is 342 g/mol. The van der Waals surface area contributed by atoms with Crippen LogP contribution in [-0.2, 0) is 14.4 Å². The summed E-state index contributed by atoms with van der Waals surface area (Å²) in [5, 5.41) is 9.86. The van der Waals surface area contributed by atoms with Crippen molar-refractivity contribution in [3.8, 4) is 0 Å². The van der Waals surface area contributed by atoms with Crippen molar-refractivity contribution in [2.75, 3.05) is 11.9 Å². The van der Waals surface area contributed by atoms with Crippen molar-refractivity contribution in [2.45, 2.75) is 19.4 Å². The number of carbonyl (C=O) groups excluding carboxylic acids is 2. The van der Waals surface area contributed by atoms with E-state index in [0.29, 0.717) is 5.02 Å². The third kappa shape index (κ3) is 6.77. The van der Waals surface area contributed by atoms with E-state index in [1.165, 1.54) is 0 Å². The van der Waals surface area contributed by atoms with Crippen LogP contribution in [0.5, 0.6) is 0 Å². The molecule has 0 saturated heterocycles. The van der Waals surface area contributed by atoms with Crippen LogP contribution in [0.15, 0.2) is 48.5 Å². The largest absolute Gasteiger partial charge is 0.481 e. The number of anilines is 1. The van der Waals surface area contributed by atoms with Crippen molar-refractivity contribution in [3.05, 3.63) is 64.7 Å². The minimum Gasteiger partial charge on any atom is -0.481 e. The summed E-state index contributed by atoms with van der Waals surface area (Å²) in [6, 6.07) is 15.1. The van der Waals surface area contributed by atoms with E-state index < -0.39 is 5.97 Å². The summed E-state index contributed by atoms with van der Waals surface area (Å²) in [6.07, 6.45) is 0.0204. The minimum atomic E-state index is -0.831. The van der Waals surface area contributed by atoms with Gasteiger partial charge in [-0.05, 0) is 42.3 Å². The quantitative estimate of drug-likeness (QED) is 0.871. The van der Waals surface area contributed by atoms with Crippen LogP contribution in [0.2, 0.25) is 5.02 Å². The number of carboxylic acids is 1. The third-order valence-electron chi connectivity index (χ3n) is 3.60. The van der Waals surface area contributed by atoms with E-state index in [4.69, 9.17) is 21.2 Å². The second-order valence-electron chi connectivity index (χ2n) is 5.06. The molecule has 5 nitrogen and oxygen atoms in total. The maximum atomic E-state index is 11.3. The normalized spacial score (nSPS) is 10.4. The van der Waals surface area contributed by atoms with Crippen molar-refractivity contribution < 1.29 is 19.5 Å². The Kier molecular flexibility index (Phi) is 10.6. The predicted molar refractivity (Wildman–Crippen MR) is 100 cm³/mol. The van der Waals surface area contributed by atoms with Gasteiger partial charge in [-0.15, -0.1) is 0 Å². The second kappa shape index (κ2) is 11.8. The van der Waals surface area contributed by atoms with Crippen LogP contribution >= 0.6 is 11.6 Å². The molecule has 25 heavy (non-hydrogen) atoms. The van der Waals surface area contributed by atoms with Gasteiger partial charge in [0.05, 0.1) is 12.5 Å². The first-order valence-electron chi connectivity index (χ1n) is 7.32. The number of benzene rings is 2. The molecule has 0 saturated carbocycles. The number of hydrogen-bond acceptors (Lipinski definition) is 4. The van der Waals surface area contributed by atoms with Gasteiger partial charge in [0.1, 0.15) is 13.6 Å². The number of para-hydroxylation sites is 1. The zero-order valence-corrected chi connectivity index (χ0v) is 15.1. The van der Waals surface area contributed by atoms with E-state index in [-0.39, 0.29) is 12.5 Å². The zero-order valence-electron chi connectivity index (χ0n) is 14.3. The van der Waals surface area contributed by atoms with Gasteiger partial charge in [0.2, 0.25) is 0 Å². The topological polar surface area (TPSA) is 74.7 Å². The number of carboxylic acid groups (broad SMARTS) is 1. The first-order chi connectivity index (χ1) is 12.0. The molecule has 0 spiro atoms. The molecule has 0 heterocycles. The molecular formula is C19H22ClNO4. The Labute approximate surface area is 152 Å². The van der Waals surface area contributed by atoms with Gasteiger partial charge < -0.3 is 19.6 Å². The molecule has 134 valence electrons. The first kappa shape index (κ1) is 22.3. The van der Waals surface area contributed by atoms with E-state index in [1.807, 2.05) is 81.0 Å². The molecule has 0 aliphatic heterocycles. The van der Waals surface area contributed by atoms with Crippen molar-refractivity contribution >= 4 is 36.8 Å². The number of nitrogens with zero attached hydrogens (tertiary/aromatic N) is 1. The molecule has 0 aliphatic carbocycles. The summed E-state index contributed by atoms with van der Waals surface area (Å²) >= 11 is 6.08. The lowest BCUT2D eigenvalue weighted by molar-refractivity contribution is -0.137. The third-order valence-corrected chi connectivity index (χ3v) is 3.83. The molecule has 0 fully saturated rings. The average Bonchev–Trinajstić information content (AvgIpc) is 2.65. The fourth-order valence-corrected chi connectivity index (χ4v) is 2.61. The number of aliphatic carboxylic acids is 1. The van der Waals surface area contributed by atoms with Crippen LogP contribution < -0.4 is 4.90 Å². The van der Waals surface area contributed by atoms with Crippen LogP contribution in [-0.4, -0.2) is 31.7 Å². The number of rotatable bonds is 5. The van der Waals surface area contributed by atoms with E-state index in [0.717, 1.165) is 16.8 Å². The van der Waals surface area contributed by atoms with Gasteiger partial charge in [0.15, 0.2) is 0 Å². The summed E-state index contributed by atoms with van der Waals surface area (Å²) in [6.45, 7) is 5.97. The molecule has 0 bridgehead atoms. The Morgan fingerprint density at radius 3 is 2.20 bits per heavy atom. The molecule has 0 aromatic heterocycles. The predicted octanol–water partition coefficient (Wildman–Crippen LogP) is 3.93. The lowest BCUT2D eigenvalue weighted by Gasteiger charge is -2.30. The molecule has 2 aromatic carbocycles. The summed E-state index contributed by atoms with van der Waals surface area (Å²) in [7, 11) is 1.91. The molecule has 1 atom stereocenters. The van der Waals surface area contributed by atoms with Gasteiger partial charge in [-0.25, -0.2) is 0 Å². The first-order valence-corrected chi connectivity index (χ1v) is 7.70. The fraction of sp³-hybridized carbons (Fsp3) is 0.211. The van der Waals surface area contributed by atoms with Gasteiger partial charge in [0, 0.05) is 17.8 Å². The van der Waals surface area contributed by atoms with Gasteiger partial charge in [-0.3, -0.25) is 4.79 Å². The fourth-order valence-electron chi connectivity index (χ4n) is 2.43. The highest BCUT2D eigenvalue weighted by Gasteiger charge is 2.22. The average molecular weight is 364 g/mol. The molecule has 1 unspecified atom stereocenters. The van der Waals surface area contributed by atoms with Gasteiger partial charge in [-0.2, -0.15) is 0 Å².